The molecule has 0 saturated carbocycles. The van der Waals surface area contributed by atoms with Crippen molar-refractivity contribution in [3.8, 4) is 0 Å². The van der Waals surface area contributed by atoms with E-state index in [1.807, 2.05) is 11.8 Å². The molecule has 2 rings (SSSR count). The summed E-state index contributed by atoms with van der Waals surface area (Å²) >= 11 is 2.04. The van der Waals surface area contributed by atoms with Crippen molar-refractivity contribution in [2.45, 2.75) is 18.9 Å². The lowest BCUT2D eigenvalue weighted by atomic mass is 10.2. The van der Waals surface area contributed by atoms with Gasteiger partial charge in [0.15, 0.2) is 5.96 Å². The Kier molecular flexibility index (Phi) is 6.10. The topological polar surface area (TPSA) is 62.9 Å². The van der Waals surface area contributed by atoms with Crippen molar-refractivity contribution in [1.82, 2.24) is 10.2 Å². The van der Waals surface area contributed by atoms with E-state index >= 15 is 0 Å². The standard InChI is InChI=1S/C12H24N4OS/c13-12(15-10-11-2-1-7-17-11)14-3-4-16-5-8-18-9-6-16/h11H,1-10H2,(H3,13,14,15). The Bertz CT molecular complexity index is 263. The van der Waals surface area contributed by atoms with Crippen LogP contribution in [-0.4, -0.2) is 67.8 Å². The van der Waals surface area contributed by atoms with Crippen LogP contribution >= 0.6 is 11.8 Å². The number of thioether (sulfide) groups is 1. The maximum absolute atomic E-state index is 5.83. The average Bonchev–Trinajstić information content (AvgIpc) is 2.91. The molecule has 1 atom stereocenters. The third-order valence-electron chi connectivity index (χ3n) is 3.33. The minimum atomic E-state index is 0.282. The van der Waals surface area contributed by atoms with Gasteiger partial charge in [0.2, 0.25) is 0 Å². The molecule has 6 heteroatoms. The molecule has 3 N–H and O–H groups in total. The molecule has 5 nitrogen and oxygen atoms in total. The van der Waals surface area contributed by atoms with E-state index in [0.29, 0.717) is 12.5 Å². The molecule has 104 valence electrons. The van der Waals surface area contributed by atoms with Gasteiger partial charge in [-0.15, -0.1) is 0 Å². The maximum atomic E-state index is 5.83. The van der Waals surface area contributed by atoms with Crippen LogP contribution in [0, 0.1) is 0 Å². The van der Waals surface area contributed by atoms with E-state index in [9.17, 15) is 0 Å². The third kappa shape index (κ3) is 5.04. The number of rotatable bonds is 5. The fraction of sp³-hybridized carbons (Fsp3) is 0.917. The van der Waals surface area contributed by atoms with Crippen LogP contribution in [0.3, 0.4) is 0 Å². The van der Waals surface area contributed by atoms with Crippen LogP contribution in [0.25, 0.3) is 0 Å². The van der Waals surface area contributed by atoms with Crippen molar-refractivity contribution in [2.24, 2.45) is 10.7 Å². The van der Waals surface area contributed by atoms with Gasteiger partial charge in [-0.3, -0.25) is 9.89 Å². The van der Waals surface area contributed by atoms with E-state index in [1.165, 1.54) is 24.6 Å². The smallest absolute Gasteiger partial charge is 0.188 e. The second-order valence-corrected chi connectivity index (χ2v) is 5.97. The molecule has 0 aliphatic carbocycles. The fourth-order valence-electron chi connectivity index (χ4n) is 2.21. The second kappa shape index (κ2) is 7.86. The molecular weight excluding hydrogens is 248 g/mol. The molecule has 0 amide bonds. The van der Waals surface area contributed by atoms with Gasteiger partial charge in [0.05, 0.1) is 12.6 Å². The highest BCUT2D eigenvalue weighted by atomic mass is 32.2. The zero-order chi connectivity index (χ0) is 12.6. The summed E-state index contributed by atoms with van der Waals surface area (Å²) in [5.41, 5.74) is 5.83. The van der Waals surface area contributed by atoms with Crippen LogP contribution in [0.4, 0.5) is 0 Å². The first-order chi connectivity index (χ1) is 8.84. The number of nitrogens with one attached hydrogen (secondary N) is 1. The number of nitrogens with two attached hydrogens (primary N) is 1. The first kappa shape index (κ1) is 14.0. The maximum Gasteiger partial charge on any atom is 0.188 e. The average molecular weight is 272 g/mol. The second-order valence-electron chi connectivity index (χ2n) is 4.74. The Morgan fingerprint density at radius 3 is 3.00 bits per heavy atom. The van der Waals surface area contributed by atoms with Crippen molar-refractivity contribution in [2.75, 3.05) is 50.8 Å². The predicted molar refractivity (Wildman–Crippen MR) is 77.2 cm³/mol. The molecule has 2 aliphatic rings. The van der Waals surface area contributed by atoms with Gasteiger partial charge in [-0.2, -0.15) is 11.8 Å². The lowest BCUT2D eigenvalue weighted by molar-refractivity contribution is 0.117. The summed E-state index contributed by atoms with van der Waals surface area (Å²) in [4.78, 5) is 6.79. The van der Waals surface area contributed by atoms with Crippen molar-refractivity contribution in [1.29, 1.82) is 0 Å². The zero-order valence-electron chi connectivity index (χ0n) is 10.9. The number of aliphatic imine (C=N–C) groups is 1. The van der Waals surface area contributed by atoms with Gasteiger partial charge in [0, 0.05) is 44.3 Å². The number of nitrogens with zero attached hydrogens (tertiary/aromatic N) is 2. The van der Waals surface area contributed by atoms with Gasteiger partial charge in [-0.05, 0) is 12.8 Å². The first-order valence-corrected chi connectivity index (χ1v) is 7.95. The minimum absolute atomic E-state index is 0.282. The monoisotopic (exact) mass is 272 g/mol. The Morgan fingerprint density at radius 2 is 2.28 bits per heavy atom. The zero-order valence-corrected chi connectivity index (χ0v) is 11.8. The molecule has 0 spiro atoms. The molecule has 0 aromatic rings. The summed E-state index contributed by atoms with van der Waals surface area (Å²) in [5.74, 6) is 3.06. The number of hydrogen-bond acceptors (Lipinski definition) is 4. The molecule has 2 fully saturated rings. The van der Waals surface area contributed by atoms with E-state index in [-0.39, 0.29) is 6.10 Å². The van der Waals surface area contributed by atoms with Gasteiger partial charge in [0.25, 0.3) is 0 Å². The largest absolute Gasteiger partial charge is 0.376 e. The third-order valence-corrected chi connectivity index (χ3v) is 4.27. The molecular formula is C12H24N4OS. The predicted octanol–water partition coefficient (Wildman–Crippen LogP) is 0.119. The van der Waals surface area contributed by atoms with Gasteiger partial charge in [-0.1, -0.05) is 0 Å². The highest BCUT2D eigenvalue weighted by molar-refractivity contribution is 7.99. The van der Waals surface area contributed by atoms with Crippen LogP contribution in [0.15, 0.2) is 4.99 Å². The van der Waals surface area contributed by atoms with Crippen molar-refractivity contribution < 1.29 is 4.74 Å². The molecule has 0 bridgehead atoms. The Labute approximate surface area is 114 Å². The van der Waals surface area contributed by atoms with Gasteiger partial charge < -0.3 is 15.8 Å². The number of hydrogen-bond donors (Lipinski definition) is 2. The summed E-state index contributed by atoms with van der Waals surface area (Å²) in [6.07, 6.45) is 2.55. The van der Waals surface area contributed by atoms with Crippen LogP contribution < -0.4 is 11.1 Å². The number of ether oxygens (including phenoxy) is 1. The van der Waals surface area contributed by atoms with E-state index in [1.54, 1.807) is 0 Å². The van der Waals surface area contributed by atoms with Crippen LogP contribution in [0.1, 0.15) is 12.8 Å². The Morgan fingerprint density at radius 1 is 1.44 bits per heavy atom. The first-order valence-electron chi connectivity index (χ1n) is 6.80. The van der Waals surface area contributed by atoms with Crippen molar-refractivity contribution in [3.63, 3.8) is 0 Å². The van der Waals surface area contributed by atoms with Gasteiger partial charge in [0.1, 0.15) is 0 Å². The lowest BCUT2D eigenvalue weighted by Crippen LogP contribution is -2.41. The molecule has 2 heterocycles. The van der Waals surface area contributed by atoms with Crippen LogP contribution in [0.5, 0.6) is 0 Å². The highest BCUT2D eigenvalue weighted by Crippen LogP contribution is 2.11. The molecule has 1 unspecified atom stereocenters. The van der Waals surface area contributed by atoms with Crippen molar-refractivity contribution >= 4 is 17.7 Å². The molecule has 18 heavy (non-hydrogen) atoms. The Hall–Kier alpha value is -0.460. The van der Waals surface area contributed by atoms with E-state index in [0.717, 1.165) is 32.5 Å². The van der Waals surface area contributed by atoms with Crippen LogP contribution in [-0.2, 0) is 4.74 Å². The normalized spacial score (nSPS) is 26.4. The van der Waals surface area contributed by atoms with E-state index in [2.05, 4.69) is 15.2 Å². The summed E-state index contributed by atoms with van der Waals surface area (Å²) in [6.45, 7) is 5.89. The summed E-state index contributed by atoms with van der Waals surface area (Å²) in [6, 6.07) is 0. The summed E-state index contributed by atoms with van der Waals surface area (Å²) in [5, 5.41) is 3.18. The minimum Gasteiger partial charge on any atom is -0.376 e. The van der Waals surface area contributed by atoms with Crippen molar-refractivity contribution in [3.05, 3.63) is 0 Å². The lowest BCUT2D eigenvalue weighted by Gasteiger charge is -2.26. The van der Waals surface area contributed by atoms with Gasteiger partial charge in [-0.25, -0.2) is 0 Å². The van der Waals surface area contributed by atoms with Gasteiger partial charge >= 0.3 is 0 Å². The summed E-state index contributed by atoms with van der Waals surface area (Å²) < 4.78 is 5.50. The molecule has 2 aliphatic heterocycles. The van der Waals surface area contributed by atoms with E-state index in [4.69, 9.17) is 10.5 Å². The van der Waals surface area contributed by atoms with E-state index < -0.39 is 0 Å². The number of guanidine groups is 1. The van der Waals surface area contributed by atoms with Crippen LogP contribution in [0.2, 0.25) is 0 Å². The molecule has 0 aromatic heterocycles. The quantitative estimate of drug-likeness (QED) is 0.550. The molecule has 0 aromatic carbocycles. The molecule has 2 saturated heterocycles. The fourth-order valence-corrected chi connectivity index (χ4v) is 3.19. The molecule has 0 radical (unpaired) electrons. The summed E-state index contributed by atoms with van der Waals surface area (Å²) in [7, 11) is 0. The highest BCUT2D eigenvalue weighted by Gasteiger charge is 2.14. The Balaban J connectivity index is 1.55. The SMILES string of the molecule is NC(=NCC1CCCO1)NCCN1CCSCC1.